The maximum atomic E-state index is 11.3. The Balaban J connectivity index is 3.93. The van der Waals surface area contributed by atoms with Gasteiger partial charge in [-0.25, -0.2) is 4.79 Å². The summed E-state index contributed by atoms with van der Waals surface area (Å²) >= 11 is 6.30. The minimum Gasteiger partial charge on any atom is -0.481 e. The highest BCUT2D eigenvalue weighted by molar-refractivity contribution is 9.25. The van der Waals surface area contributed by atoms with Crippen molar-refractivity contribution in [3.63, 3.8) is 0 Å². The van der Waals surface area contributed by atoms with Crippen molar-refractivity contribution in [2.75, 3.05) is 6.61 Å². The van der Waals surface area contributed by atoms with E-state index in [1.165, 1.54) is 0 Å². The van der Waals surface area contributed by atoms with E-state index in [1.54, 1.807) is 6.92 Å². The standard InChI is InChI=1S/C8H12Br2O4/c1-2-14-7(13)8(9,10)5-3-4-6(11)12/h2-5H2,1H3,(H,11,12). The molecule has 14 heavy (non-hydrogen) atoms. The van der Waals surface area contributed by atoms with Crippen LogP contribution >= 0.6 is 31.9 Å². The molecular weight excluding hydrogens is 320 g/mol. The quantitative estimate of drug-likeness (QED) is 0.599. The summed E-state index contributed by atoms with van der Waals surface area (Å²) in [5, 5.41) is 8.41. The zero-order chi connectivity index (χ0) is 11.2. The molecule has 0 spiro atoms. The molecule has 0 atom stereocenters. The van der Waals surface area contributed by atoms with Crippen LogP contribution in [-0.2, 0) is 14.3 Å². The van der Waals surface area contributed by atoms with Gasteiger partial charge in [-0.3, -0.25) is 4.79 Å². The highest BCUT2D eigenvalue weighted by Gasteiger charge is 2.33. The van der Waals surface area contributed by atoms with E-state index in [-0.39, 0.29) is 6.42 Å². The fourth-order valence-corrected chi connectivity index (χ4v) is 1.59. The summed E-state index contributed by atoms with van der Waals surface area (Å²) in [4.78, 5) is 21.5. The van der Waals surface area contributed by atoms with Crippen molar-refractivity contribution in [3.05, 3.63) is 0 Å². The summed E-state index contributed by atoms with van der Waals surface area (Å²) in [6.07, 6.45) is 0.821. The molecule has 0 rings (SSSR count). The number of alkyl halides is 2. The number of carboxylic acids is 1. The van der Waals surface area contributed by atoms with Crippen LogP contribution in [0.25, 0.3) is 0 Å². The molecule has 0 fully saturated rings. The second kappa shape index (κ2) is 6.40. The number of carboxylic acid groups (broad SMARTS) is 1. The SMILES string of the molecule is CCOC(=O)C(Br)(Br)CCCC(=O)O. The number of rotatable bonds is 6. The van der Waals surface area contributed by atoms with Gasteiger partial charge in [0.1, 0.15) is 0 Å². The van der Waals surface area contributed by atoms with Gasteiger partial charge in [0.15, 0.2) is 3.23 Å². The number of esters is 1. The van der Waals surface area contributed by atoms with Crippen molar-refractivity contribution in [2.24, 2.45) is 0 Å². The molecule has 0 saturated carbocycles. The summed E-state index contributed by atoms with van der Waals surface area (Å²) in [5.74, 6) is -1.30. The van der Waals surface area contributed by atoms with Gasteiger partial charge in [0.25, 0.3) is 0 Å². The third kappa shape index (κ3) is 5.59. The Kier molecular flexibility index (Phi) is 6.35. The van der Waals surface area contributed by atoms with Crippen molar-refractivity contribution in [1.82, 2.24) is 0 Å². The summed E-state index contributed by atoms with van der Waals surface area (Å²) in [6, 6.07) is 0. The molecular formula is C8H12Br2O4. The smallest absolute Gasteiger partial charge is 0.333 e. The van der Waals surface area contributed by atoms with Crippen molar-refractivity contribution in [2.45, 2.75) is 29.4 Å². The molecule has 0 bridgehead atoms. The molecule has 0 heterocycles. The summed E-state index contributed by atoms with van der Waals surface area (Å²) in [7, 11) is 0. The molecule has 0 aromatic heterocycles. The van der Waals surface area contributed by atoms with Gasteiger partial charge in [0, 0.05) is 6.42 Å². The summed E-state index contributed by atoms with van der Waals surface area (Å²) in [5.41, 5.74) is 0. The predicted octanol–water partition coefficient (Wildman–Crippen LogP) is 2.29. The number of hydrogen-bond acceptors (Lipinski definition) is 3. The first-order valence-corrected chi connectivity index (χ1v) is 5.75. The van der Waals surface area contributed by atoms with Crippen molar-refractivity contribution in [1.29, 1.82) is 0 Å². The van der Waals surface area contributed by atoms with Gasteiger partial charge in [-0.15, -0.1) is 0 Å². The van der Waals surface area contributed by atoms with Gasteiger partial charge < -0.3 is 9.84 Å². The lowest BCUT2D eigenvalue weighted by molar-refractivity contribution is -0.143. The predicted molar refractivity (Wildman–Crippen MR) is 58.7 cm³/mol. The van der Waals surface area contributed by atoms with E-state index in [9.17, 15) is 9.59 Å². The Morgan fingerprint density at radius 1 is 1.43 bits per heavy atom. The fraction of sp³-hybridized carbons (Fsp3) is 0.750. The first-order valence-electron chi connectivity index (χ1n) is 4.17. The molecule has 6 heteroatoms. The van der Waals surface area contributed by atoms with Crippen LogP contribution in [-0.4, -0.2) is 26.9 Å². The maximum absolute atomic E-state index is 11.3. The third-order valence-electron chi connectivity index (χ3n) is 1.46. The van der Waals surface area contributed by atoms with E-state index in [2.05, 4.69) is 31.9 Å². The van der Waals surface area contributed by atoms with Crippen LogP contribution in [0.5, 0.6) is 0 Å². The highest BCUT2D eigenvalue weighted by atomic mass is 79.9. The normalized spacial score (nSPS) is 11.1. The van der Waals surface area contributed by atoms with Crippen LogP contribution in [0.15, 0.2) is 0 Å². The molecule has 82 valence electrons. The third-order valence-corrected chi connectivity index (χ3v) is 2.90. The molecule has 0 aromatic rings. The summed E-state index contributed by atoms with van der Waals surface area (Å²) < 4.78 is 3.83. The van der Waals surface area contributed by atoms with E-state index >= 15 is 0 Å². The Morgan fingerprint density at radius 3 is 2.43 bits per heavy atom. The Hall–Kier alpha value is -0.100. The molecule has 0 aliphatic carbocycles. The Bertz CT molecular complexity index is 215. The molecule has 1 N–H and O–H groups in total. The topological polar surface area (TPSA) is 63.6 Å². The molecule has 0 aliphatic rings. The zero-order valence-electron chi connectivity index (χ0n) is 7.76. The van der Waals surface area contributed by atoms with Gasteiger partial charge in [-0.05, 0) is 19.8 Å². The number of aliphatic carboxylic acids is 1. The van der Waals surface area contributed by atoms with Crippen LogP contribution in [0.4, 0.5) is 0 Å². The second-order valence-electron chi connectivity index (χ2n) is 2.67. The van der Waals surface area contributed by atoms with Gasteiger partial charge in [0.05, 0.1) is 6.61 Å². The van der Waals surface area contributed by atoms with E-state index in [0.29, 0.717) is 19.4 Å². The first kappa shape index (κ1) is 13.9. The van der Waals surface area contributed by atoms with E-state index in [0.717, 1.165) is 0 Å². The zero-order valence-corrected chi connectivity index (χ0v) is 10.9. The maximum Gasteiger partial charge on any atom is 0.333 e. The number of carbonyl (C=O) groups is 2. The average Bonchev–Trinajstić information content (AvgIpc) is 2.03. The molecule has 0 aliphatic heterocycles. The lowest BCUT2D eigenvalue weighted by Gasteiger charge is -2.17. The second-order valence-corrected chi connectivity index (χ2v) is 6.44. The lowest BCUT2D eigenvalue weighted by Crippen LogP contribution is -2.27. The van der Waals surface area contributed by atoms with E-state index < -0.39 is 15.2 Å². The minimum absolute atomic E-state index is 0.0400. The van der Waals surface area contributed by atoms with Crippen LogP contribution in [0.1, 0.15) is 26.2 Å². The molecule has 0 amide bonds. The Morgan fingerprint density at radius 2 is 2.00 bits per heavy atom. The van der Waals surface area contributed by atoms with Gasteiger partial charge in [-0.2, -0.15) is 0 Å². The Labute approximate surface area is 99.3 Å². The van der Waals surface area contributed by atoms with Gasteiger partial charge >= 0.3 is 11.9 Å². The van der Waals surface area contributed by atoms with Crippen LogP contribution in [0, 0.1) is 0 Å². The average molecular weight is 332 g/mol. The van der Waals surface area contributed by atoms with E-state index in [1.807, 2.05) is 0 Å². The van der Waals surface area contributed by atoms with Gasteiger partial charge in [-0.1, -0.05) is 31.9 Å². The van der Waals surface area contributed by atoms with Crippen LogP contribution in [0.3, 0.4) is 0 Å². The van der Waals surface area contributed by atoms with Crippen LogP contribution < -0.4 is 0 Å². The number of carbonyl (C=O) groups excluding carboxylic acids is 1. The molecule has 0 radical (unpaired) electrons. The molecule has 0 unspecified atom stereocenters. The summed E-state index contributed by atoms with van der Waals surface area (Å²) in [6.45, 7) is 2.02. The van der Waals surface area contributed by atoms with E-state index in [4.69, 9.17) is 9.84 Å². The number of halogens is 2. The number of ether oxygens (including phenoxy) is 1. The number of hydrogen-bond donors (Lipinski definition) is 1. The molecule has 4 nitrogen and oxygen atoms in total. The first-order chi connectivity index (χ1) is 6.40. The molecule has 0 saturated heterocycles. The largest absolute Gasteiger partial charge is 0.481 e. The van der Waals surface area contributed by atoms with Crippen LogP contribution in [0.2, 0.25) is 0 Å². The van der Waals surface area contributed by atoms with Crippen molar-refractivity contribution >= 4 is 43.8 Å². The minimum atomic E-state index is -0.953. The lowest BCUT2D eigenvalue weighted by atomic mass is 10.2. The highest BCUT2D eigenvalue weighted by Crippen LogP contribution is 2.33. The molecule has 0 aromatic carbocycles. The van der Waals surface area contributed by atoms with Gasteiger partial charge in [0.2, 0.25) is 0 Å². The fourth-order valence-electron chi connectivity index (χ4n) is 0.800. The van der Waals surface area contributed by atoms with Crippen molar-refractivity contribution < 1.29 is 19.4 Å². The monoisotopic (exact) mass is 330 g/mol. The van der Waals surface area contributed by atoms with Crippen molar-refractivity contribution in [3.8, 4) is 0 Å².